The molecule has 0 fully saturated rings. The monoisotopic (exact) mass is 291 g/mol. The number of rotatable bonds is 4. The number of fused-ring (bicyclic) bond motifs is 1. The van der Waals surface area contributed by atoms with Crippen molar-refractivity contribution in [1.29, 1.82) is 0 Å². The lowest BCUT2D eigenvalue weighted by Crippen LogP contribution is -2.04. The molecule has 0 bridgehead atoms. The van der Waals surface area contributed by atoms with Gasteiger partial charge in [-0.1, -0.05) is 36.4 Å². The molecule has 2 aromatic carbocycles. The minimum Gasteiger partial charge on any atom is -0.462 e. The molecule has 0 N–H and O–H groups in total. The molecule has 0 spiro atoms. The molecular formula is C19H17NO2. The topological polar surface area (TPSA) is 39.2 Å². The molecule has 0 radical (unpaired) electrons. The van der Waals surface area contributed by atoms with Gasteiger partial charge >= 0.3 is 5.97 Å². The van der Waals surface area contributed by atoms with Crippen molar-refractivity contribution in [2.75, 3.05) is 6.61 Å². The zero-order valence-corrected chi connectivity index (χ0v) is 12.5. The molecule has 0 unspecified atom stereocenters. The molecule has 0 atom stereocenters. The summed E-state index contributed by atoms with van der Waals surface area (Å²) < 4.78 is 5.02. The summed E-state index contributed by atoms with van der Waals surface area (Å²) in [5.74, 6) is -0.294. The van der Waals surface area contributed by atoms with Gasteiger partial charge in [0.25, 0.3) is 0 Å². The molecule has 1 aromatic heterocycles. The van der Waals surface area contributed by atoms with Gasteiger partial charge in [-0.15, -0.1) is 0 Å². The normalized spacial score (nSPS) is 10.6. The van der Waals surface area contributed by atoms with Crippen LogP contribution in [0.3, 0.4) is 0 Å². The Balaban J connectivity index is 1.88. The Morgan fingerprint density at radius 3 is 2.64 bits per heavy atom. The van der Waals surface area contributed by atoms with Crippen LogP contribution in [0, 0.1) is 0 Å². The first kappa shape index (κ1) is 14.3. The maximum absolute atomic E-state index is 11.8. The summed E-state index contributed by atoms with van der Waals surface area (Å²) >= 11 is 0. The van der Waals surface area contributed by atoms with E-state index in [9.17, 15) is 4.79 Å². The Morgan fingerprint density at radius 2 is 1.86 bits per heavy atom. The van der Waals surface area contributed by atoms with E-state index in [0.717, 1.165) is 23.0 Å². The van der Waals surface area contributed by atoms with E-state index in [1.165, 1.54) is 5.56 Å². The van der Waals surface area contributed by atoms with Crippen LogP contribution >= 0.6 is 0 Å². The molecule has 1 heterocycles. The molecular weight excluding hydrogens is 274 g/mol. The van der Waals surface area contributed by atoms with Crippen LogP contribution in [0.25, 0.3) is 10.9 Å². The maximum Gasteiger partial charge on any atom is 0.338 e. The van der Waals surface area contributed by atoms with Crippen LogP contribution in [-0.4, -0.2) is 17.6 Å². The van der Waals surface area contributed by atoms with Gasteiger partial charge in [0.15, 0.2) is 0 Å². The lowest BCUT2D eigenvalue weighted by atomic mass is 10.1. The van der Waals surface area contributed by atoms with E-state index in [1.54, 1.807) is 13.0 Å². The quantitative estimate of drug-likeness (QED) is 0.682. The summed E-state index contributed by atoms with van der Waals surface area (Å²) in [6, 6.07) is 19.7. The minimum atomic E-state index is -0.294. The molecule has 0 aliphatic carbocycles. The predicted molar refractivity (Wildman–Crippen MR) is 86.9 cm³/mol. The van der Waals surface area contributed by atoms with Gasteiger partial charge in [0, 0.05) is 17.5 Å². The molecule has 0 aliphatic rings. The summed E-state index contributed by atoms with van der Waals surface area (Å²) in [6.07, 6.45) is 0.802. The van der Waals surface area contributed by atoms with Crippen molar-refractivity contribution < 1.29 is 9.53 Å². The van der Waals surface area contributed by atoms with E-state index in [4.69, 9.17) is 4.74 Å². The van der Waals surface area contributed by atoms with Crippen LogP contribution in [0.4, 0.5) is 0 Å². The Hall–Kier alpha value is -2.68. The first-order chi connectivity index (χ1) is 10.8. The highest BCUT2D eigenvalue weighted by atomic mass is 16.5. The number of carbonyl (C=O) groups is 1. The number of benzene rings is 2. The first-order valence-electron chi connectivity index (χ1n) is 7.37. The largest absolute Gasteiger partial charge is 0.462 e. The van der Waals surface area contributed by atoms with Crippen LogP contribution in [-0.2, 0) is 11.2 Å². The van der Waals surface area contributed by atoms with Crippen LogP contribution in [0.2, 0.25) is 0 Å². The maximum atomic E-state index is 11.8. The van der Waals surface area contributed by atoms with Crippen molar-refractivity contribution >= 4 is 16.9 Å². The van der Waals surface area contributed by atoms with Gasteiger partial charge in [-0.2, -0.15) is 0 Å². The Kier molecular flexibility index (Phi) is 4.15. The molecule has 3 heteroatoms. The highest BCUT2D eigenvalue weighted by Crippen LogP contribution is 2.17. The number of pyridine rings is 1. The summed E-state index contributed by atoms with van der Waals surface area (Å²) in [5, 5.41) is 0.947. The van der Waals surface area contributed by atoms with Crippen LogP contribution < -0.4 is 0 Å². The van der Waals surface area contributed by atoms with Gasteiger partial charge in [-0.3, -0.25) is 4.98 Å². The third-order valence-electron chi connectivity index (χ3n) is 3.49. The Bertz CT molecular complexity index is 797. The van der Waals surface area contributed by atoms with E-state index in [2.05, 4.69) is 17.1 Å². The Labute approximate surface area is 129 Å². The zero-order valence-electron chi connectivity index (χ0n) is 12.5. The van der Waals surface area contributed by atoms with E-state index in [0.29, 0.717) is 12.2 Å². The van der Waals surface area contributed by atoms with E-state index >= 15 is 0 Å². The molecule has 3 nitrogen and oxygen atoms in total. The van der Waals surface area contributed by atoms with Gasteiger partial charge in [0.1, 0.15) is 0 Å². The molecule has 0 aliphatic heterocycles. The van der Waals surface area contributed by atoms with Crippen LogP contribution in [0.15, 0.2) is 60.7 Å². The molecule has 3 aromatic rings. The first-order valence-corrected chi connectivity index (χ1v) is 7.37. The minimum absolute atomic E-state index is 0.294. The van der Waals surface area contributed by atoms with Crippen molar-refractivity contribution in [3.8, 4) is 0 Å². The lowest BCUT2D eigenvalue weighted by Gasteiger charge is -2.06. The molecule has 0 amide bonds. The standard InChI is InChI=1S/C19H17NO2/c1-2-22-19(21)16-9-11-18-15(13-16)8-10-17(20-18)12-14-6-4-3-5-7-14/h3-11,13H,2,12H2,1H3. The zero-order chi connectivity index (χ0) is 15.4. The molecule has 0 saturated carbocycles. The SMILES string of the molecule is CCOC(=O)c1ccc2nc(Cc3ccccc3)ccc2c1. The average Bonchev–Trinajstić information content (AvgIpc) is 2.55. The van der Waals surface area contributed by atoms with Gasteiger partial charge in [-0.05, 0) is 36.8 Å². The summed E-state index contributed by atoms with van der Waals surface area (Å²) in [4.78, 5) is 16.4. The second-order valence-corrected chi connectivity index (χ2v) is 5.09. The average molecular weight is 291 g/mol. The van der Waals surface area contributed by atoms with Gasteiger partial charge in [-0.25, -0.2) is 4.79 Å². The number of nitrogens with zero attached hydrogens (tertiary/aromatic N) is 1. The fourth-order valence-electron chi connectivity index (χ4n) is 2.41. The van der Waals surface area contributed by atoms with Crippen molar-refractivity contribution in [3.63, 3.8) is 0 Å². The summed E-state index contributed by atoms with van der Waals surface area (Å²) in [5.41, 5.74) is 3.70. The molecule has 22 heavy (non-hydrogen) atoms. The Morgan fingerprint density at radius 1 is 1.05 bits per heavy atom. The number of ether oxygens (including phenoxy) is 1. The number of hydrogen-bond donors (Lipinski definition) is 0. The third-order valence-corrected chi connectivity index (χ3v) is 3.49. The van der Waals surface area contributed by atoms with Gasteiger partial charge < -0.3 is 4.74 Å². The van der Waals surface area contributed by atoms with Crippen LogP contribution in [0.1, 0.15) is 28.5 Å². The molecule has 0 saturated heterocycles. The smallest absolute Gasteiger partial charge is 0.338 e. The van der Waals surface area contributed by atoms with Gasteiger partial charge in [0.2, 0.25) is 0 Å². The fraction of sp³-hybridized carbons (Fsp3) is 0.158. The summed E-state index contributed by atoms with van der Waals surface area (Å²) in [7, 11) is 0. The fourth-order valence-corrected chi connectivity index (χ4v) is 2.41. The van der Waals surface area contributed by atoms with E-state index < -0.39 is 0 Å². The predicted octanol–water partition coefficient (Wildman–Crippen LogP) is 4.00. The van der Waals surface area contributed by atoms with Crippen molar-refractivity contribution in [2.24, 2.45) is 0 Å². The molecule has 110 valence electrons. The molecule has 3 rings (SSSR count). The second kappa shape index (κ2) is 6.39. The number of aromatic nitrogens is 1. The number of esters is 1. The van der Waals surface area contributed by atoms with Crippen molar-refractivity contribution in [1.82, 2.24) is 4.98 Å². The second-order valence-electron chi connectivity index (χ2n) is 5.09. The third kappa shape index (κ3) is 3.14. The highest BCUT2D eigenvalue weighted by Gasteiger charge is 2.08. The van der Waals surface area contributed by atoms with Crippen molar-refractivity contribution in [2.45, 2.75) is 13.3 Å². The number of hydrogen-bond acceptors (Lipinski definition) is 3. The van der Waals surface area contributed by atoms with Crippen molar-refractivity contribution in [3.05, 3.63) is 77.5 Å². The van der Waals surface area contributed by atoms with Crippen LogP contribution in [0.5, 0.6) is 0 Å². The summed E-state index contributed by atoms with van der Waals surface area (Å²) in [6.45, 7) is 2.18. The highest BCUT2D eigenvalue weighted by molar-refractivity contribution is 5.94. The van der Waals surface area contributed by atoms with E-state index in [-0.39, 0.29) is 5.97 Å². The van der Waals surface area contributed by atoms with Gasteiger partial charge in [0.05, 0.1) is 17.7 Å². The van der Waals surface area contributed by atoms with E-state index in [1.807, 2.05) is 42.5 Å². The lowest BCUT2D eigenvalue weighted by molar-refractivity contribution is 0.0526. The number of carbonyl (C=O) groups excluding carboxylic acids is 1.